The number of hydrogen-bond donors (Lipinski definition) is 1. The minimum Gasteiger partial charge on any atom is -0.358 e. The topological polar surface area (TPSA) is 62.5 Å². The average Bonchev–Trinajstić information content (AvgIpc) is 2.90. The number of rotatable bonds is 2. The van der Waals surface area contributed by atoms with Crippen molar-refractivity contribution in [2.75, 3.05) is 18.9 Å². The number of fused-ring (bicyclic) bond motifs is 1. The first-order valence-corrected chi connectivity index (χ1v) is 5.97. The molecule has 2 aromatic rings. The third kappa shape index (κ3) is 1.70. The van der Waals surface area contributed by atoms with E-state index in [9.17, 15) is 4.79 Å². The molecule has 1 atom stereocenters. The van der Waals surface area contributed by atoms with Crippen LogP contribution in [0.2, 0.25) is 0 Å². The summed E-state index contributed by atoms with van der Waals surface area (Å²) in [5.74, 6) is 0.945. The monoisotopic (exact) mass is 245 g/mol. The molecule has 18 heavy (non-hydrogen) atoms. The number of nitrogens with zero attached hydrogens (tertiary/aromatic N) is 4. The molecule has 0 saturated carbocycles. The summed E-state index contributed by atoms with van der Waals surface area (Å²) in [5, 5.41) is 7.42. The quantitative estimate of drug-likeness (QED) is 0.845. The van der Waals surface area contributed by atoms with Gasteiger partial charge in [0.1, 0.15) is 18.2 Å². The van der Waals surface area contributed by atoms with Crippen LogP contribution in [0, 0.1) is 6.92 Å². The van der Waals surface area contributed by atoms with Gasteiger partial charge in [-0.3, -0.25) is 4.79 Å². The Labute approximate surface area is 105 Å². The van der Waals surface area contributed by atoms with E-state index in [2.05, 4.69) is 15.4 Å². The van der Waals surface area contributed by atoms with Crippen molar-refractivity contribution in [3.63, 3.8) is 0 Å². The first-order chi connectivity index (χ1) is 8.65. The number of aryl methyl sites for hydroxylation is 1. The second-order valence-electron chi connectivity index (χ2n) is 4.69. The Kier molecular flexibility index (Phi) is 2.43. The summed E-state index contributed by atoms with van der Waals surface area (Å²) in [6.07, 6.45) is 2.34. The first kappa shape index (κ1) is 11.0. The molecule has 94 valence electrons. The Morgan fingerprint density at radius 2 is 2.28 bits per heavy atom. The highest BCUT2D eigenvalue weighted by molar-refractivity contribution is 5.86. The molecule has 2 aromatic heterocycles. The lowest BCUT2D eigenvalue weighted by Crippen LogP contribution is -2.31. The number of nitrogens with one attached hydrogen (secondary N) is 1. The van der Waals surface area contributed by atoms with Crippen LogP contribution in [0.1, 0.15) is 12.0 Å². The van der Waals surface area contributed by atoms with Crippen molar-refractivity contribution in [2.45, 2.75) is 19.4 Å². The number of amides is 1. The lowest BCUT2D eigenvalue weighted by molar-refractivity contribution is -0.127. The molecular formula is C12H15N5O. The minimum absolute atomic E-state index is 0.129. The molecule has 6 nitrogen and oxygen atoms in total. The van der Waals surface area contributed by atoms with E-state index in [1.54, 1.807) is 9.42 Å². The van der Waals surface area contributed by atoms with Crippen molar-refractivity contribution in [3.8, 4) is 0 Å². The molecule has 3 rings (SSSR count). The van der Waals surface area contributed by atoms with Gasteiger partial charge in [-0.15, -0.1) is 0 Å². The van der Waals surface area contributed by atoms with Crippen LogP contribution in [0.15, 0.2) is 18.5 Å². The third-order valence-electron chi connectivity index (χ3n) is 3.27. The van der Waals surface area contributed by atoms with Crippen LogP contribution in [0.25, 0.3) is 5.65 Å². The van der Waals surface area contributed by atoms with Gasteiger partial charge in [-0.05, 0) is 31.0 Å². The summed E-state index contributed by atoms with van der Waals surface area (Å²) in [7, 11) is 1.82. The number of likely N-dealkylation sites (N-methyl/N-ethyl adjacent to an activating group) is 1. The Morgan fingerprint density at radius 3 is 3.00 bits per heavy atom. The number of carbonyl (C=O) groups excluding carboxylic acids is 1. The van der Waals surface area contributed by atoms with Crippen LogP contribution < -0.4 is 5.32 Å². The van der Waals surface area contributed by atoms with E-state index >= 15 is 0 Å². The van der Waals surface area contributed by atoms with Crippen LogP contribution in [0.3, 0.4) is 0 Å². The van der Waals surface area contributed by atoms with Gasteiger partial charge < -0.3 is 10.2 Å². The van der Waals surface area contributed by atoms with Crippen LogP contribution in [-0.2, 0) is 4.79 Å². The number of hydrogen-bond acceptors (Lipinski definition) is 4. The molecule has 1 N–H and O–H groups in total. The minimum atomic E-state index is -0.163. The van der Waals surface area contributed by atoms with E-state index in [-0.39, 0.29) is 11.9 Å². The molecule has 1 fully saturated rings. The van der Waals surface area contributed by atoms with Crippen LogP contribution >= 0.6 is 0 Å². The molecule has 0 aromatic carbocycles. The van der Waals surface area contributed by atoms with Crippen molar-refractivity contribution in [3.05, 3.63) is 24.0 Å². The molecule has 0 spiro atoms. The van der Waals surface area contributed by atoms with Gasteiger partial charge in [-0.1, -0.05) is 0 Å². The zero-order chi connectivity index (χ0) is 12.7. The highest BCUT2D eigenvalue weighted by atomic mass is 16.2. The molecule has 0 aliphatic carbocycles. The summed E-state index contributed by atoms with van der Waals surface area (Å²) in [5.41, 5.74) is 1.88. The Balaban J connectivity index is 1.95. The molecule has 0 radical (unpaired) electrons. The second-order valence-corrected chi connectivity index (χ2v) is 4.69. The van der Waals surface area contributed by atoms with E-state index in [0.717, 1.165) is 30.0 Å². The number of anilines is 1. The highest BCUT2D eigenvalue weighted by Gasteiger charge is 2.29. The van der Waals surface area contributed by atoms with Gasteiger partial charge in [-0.25, -0.2) is 4.98 Å². The zero-order valence-electron chi connectivity index (χ0n) is 10.4. The summed E-state index contributed by atoms with van der Waals surface area (Å²) < 4.78 is 1.72. The fraction of sp³-hybridized carbons (Fsp3) is 0.417. The molecule has 1 saturated heterocycles. The third-order valence-corrected chi connectivity index (χ3v) is 3.27. The largest absolute Gasteiger partial charge is 0.358 e. The maximum atomic E-state index is 11.9. The van der Waals surface area contributed by atoms with Crippen LogP contribution in [0.4, 0.5) is 5.82 Å². The standard InChI is InChI=1S/C12H15N5O/c1-8-5-10-13-7-14-17(10)11(6-8)15-9-3-4-16(2)12(9)18/h5-7,9,15H,3-4H2,1-2H3. The lowest BCUT2D eigenvalue weighted by atomic mass is 10.2. The molecule has 6 heteroatoms. The first-order valence-electron chi connectivity index (χ1n) is 5.97. The fourth-order valence-corrected chi connectivity index (χ4v) is 2.29. The van der Waals surface area contributed by atoms with Crippen molar-refractivity contribution < 1.29 is 4.79 Å². The Hall–Kier alpha value is -2.11. The summed E-state index contributed by atoms with van der Waals surface area (Å²) in [6.45, 7) is 2.80. The number of pyridine rings is 1. The van der Waals surface area contributed by atoms with E-state index < -0.39 is 0 Å². The van der Waals surface area contributed by atoms with Crippen molar-refractivity contribution in [1.82, 2.24) is 19.5 Å². The molecule has 1 aliphatic heterocycles. The number of aromatic nitrogens is 3. The maximum Gasteiger partial charge on any atom is 0.244 e. The van der Waals surface area contributed by atoms with Crippen molar-refractivity contribution >= 4 is 17.4 Å². The predicted octanol–water partition coefficient (Wildman–Crippen LogP) is 0.680. The summed E-state index contributed by atoms with van der Waals surface area (Å²) in [4.78, 5) is 17.8. The van der Waals surface area contributed by atoms with Gasteiger partial charge in [0.25, 0.3) is 0 Å². The highest BCUT2D eigenvalue weighted by Crippen LogP contribution is 2.18. The van der Waals surface area contributed by atoms with Gasteiger partial charge in [0.2, 0.25) is 5.91 Å². The van der Waals surface area contributed by atoms with Crippen molar-refractivity contribution in [2.24, 2.45) is 0 Å². The lowest BCUT2D eigenvalue weighted by Gasteiger charge is -2.14. The second kappa shape index (κ2) is 3.97. The van der Waals surface area contributed by atoms with Gasteiger partial charge in [-0.2, -0.15) is 9.61 Å². The van der Waals surface area contributed by atoms with E-state index in [4.69, 9.17) is 0 Å². The fourth-order valence-electron chi connectivity index (χ4n) is 2.29. The Morgan fingerprint density at radius 1 is 1.44 bits per heavy atom. The van der Waals surface area contributed by atoms with Gasteiger partial charge in [0, 0.05) is 13.6 Å². The van der Waals surface area contributed by atoms with E-state index in [1.807, 2.05) is 26.1 Å². The predicted molar refractivity (Wildman–Crippen MR) is 67.4 cm³/mol. The SMILES string of the molecule is Cc1cc(NC2CCN(C)C2=O)n2ncnc2c1. The van der Waals surface area contributed by atoms with Gasteiger partial charge >= 0.3 is 0 Å². The molecule has 0 bridgehead atoms. The molecule has 1 aliphatic rings. The molecule has 1 unspecified atom stereocenters. The Bertz CT molecular complexity index is 606. The summed E-state index contributed by atoms with van der Waals surface area (Å²) in [6, 6.07) is 3.78. The van der Waals surface area contributed by atoms with Crippen molar-refractivity contribution in [1.29, 1.82) is 0 Å². The number of likely N-dealkylation sites (tertiary alicyclic amines) is 1. The normalized spacial score (nSPS) is 19.8. The summed E-state index contributed by atoms with van der Waals surface area (Å²) >= 11 is 0. The zero-order valence-corrected chi connectivity index (χ0v) is 10.4. The van der Waals surface area contributed by atoms with Crippen LogP contribution in [-0.4, -0.2) is 45.0 Å². The molecule has 1 amide bonds. The number of carbonyl (C=O) groups is 1. The van der Waals surface area contributed by atoms with Gasteiger partial charge in [0.15, 0.2) is 5.65 Å². The van der Waals surface area contributed by atoms with Gasteiger partial charge in [0.05, 0.1) is 0 Å². The maximum absolute atomic E-state index is 11.9. The van der Waals surface area contributed by atoms with E-state index in [0.29, 0.717) is 0 Å². The van der Waals surface area contributed by atoms with Crippen LogP contribution in [0.5, 0.6) is 0 Å². The average molecular weight is 245 g/mol. The molecular weight excluding hydrogens is 230 g/mol. The van der Waals surface area contributed by atoms with E-state index in [1.165, 1.54) is 6.33 Å². The molecule has 3 heterocycles. The smallest absolute Gasteiger partial charge is 0.244 e.